The van der Waals surface area contributed by atoms with Gasteiger partial charge >= 0.3 is 27.2 Å². The van der Waals surface area contributed by atoms with Crippen molar-refractivity contribution in [3.05, 3.63) is 28.8 Å². The fraction of sp³-hybridized carbons (Fsp3) is 0.727. The third-order valence-electron chi connectivity index (χ3n) is 4.99. The van der Waals surface area contributed by atoms with Crippen molar-refractivity contribution in [1.82, 2.24) is 0 Å². The van der Waals surface area contributed by atoms with Gasteiger partial charge in [0, 0.05) is 18.1 Å². The molecule has 0 amide bonds. The van der Waals surface area contributed by atoms with E-state index in [4.69, 9.17) is 0 Å². The summed E-state index contributed by atoms with van der Waals surface area (Å²) in [6, 6.07) is 3.12. The molecule has 3 nitrogen and oxygen atoms in total. The van der Waals surface area contributed by atoms with Gasteiger partial charge in [0.2, 0.25) is 0 Å². The first kappa shape index (κ1) is 28.6. The zero-order chi connectivity index (χ0) is 25.9. The van der Waals surface area contributed by atoms with Gasteiger partial charge in [0.05, 0.1) is 0 Å². The highest BCUT2D eigenvalue weighted by Crippen LogP contribution is 2.50. The first-order valence-corrected chi connectivity index (χ1v) is 11.4. The Hall–Kier alpha value is -1.45. The lowest BCUT2D eigenvalue weighted by molar-refractivity contribution is -0.272. The fourth-order valence-electron chi connectivity index (χ4n) is 2.84. The average Bonchev–Trinajstić information content (AvgIpc) is 2.49. The maximum Gasteiger partial charge on any atom is 0.449 e. The molecule has 1 rings (SSSR count). The van der Waals surface area contributed by atoms with Crippen molar-refractivity contribution >= 4 is 10.1 Å². The molecule has 0 saturated heterocycles. The zero-order valence-corrected chi connectivity index (χ0v) is 20.9. The highest BCUT2D eigenvalue weighted by Gasteiger charge is 2.77. The van der Waals surface area contributed by atoms with E-state index in [0.29, 0.717) is 0 Å². The normalized spacial score (nSPS) is 15.1. The van der Waals surface area contributed by atoms with Gasteiger partial charge in [0.25, 0.3) is 0 Å². The van der Waals surface area contributed by atoms with Crippen LogP contribution in [0.2, 0.25) is 0 Å². The Morgan fingerprint density at radius 3 is 1.25 bits per heavy atom. The van der Waals surface area contributed by atoms with Gasteiger partial charge in [-0.05, 0) is 21.8 Å². The second-order valence-electron chi connectivity index (χ2n) is 11.2. The quantitative estimate of drug-likeness (QED) is 0.325. The Kier molecular flexibility index (Phi) is 6.97. The van der Waals surface area contributed by atoms with E-state index >= 15 is 0 Å². The summed E-state index contributed by atoms with van der Waals surface area (Å²) < 4.78 is 112. The van der Waals surface area contributed by atoms with E-state index in [-0.39, 0.29) is 11.1 Å². The van der Waals surface area contributed by atoms with Gasteiger partial charge in [-0.25, -0.2) is 0 Å². The molecule has 186 valence electrons. The average molecular weight is 491 g/mol. The molecule has 0 unspecified atom stereocenters. The van der Waals surface area contributed by atoms with Crippen LogP contribution in [0.1, 0.15) is 85.9 Å². The fourth-order valence-corrected chi connectivity index (χ4v) is 3.84. The van der Waals surface area contributed by atoms with Crippen LogP contribution in [0.25, 0.3) is 0 Å². The van der Waals surface area contributed by atoms with E-state index in [9.17, 15) is 34.8 Å². The molecule has 0 aliphatic carbocycles. The minimum atomic E-state index is -6.53. The smallest absolute Gasteiger partial charge is 0.377 e. The van der Waals surface area contributed by atoms with Gasteiger partial charge in [0.15, 0.2) is 0 Å². The SMILES string of the molecule is CC(C)(C)c1cc(C(C)(C)C)c(OS(=O)(=O)C(F)(F)C(F)(F)C(C)(F)F)c(C(C)(C)C)c1. The largest absolute Gasteiger partial charge is 0.449 e. The van der Waals surface area contributed by atoms with Crippen molar-refractivity contribution in [2.24, 2.45) is 0 Å². The van der Waals surface area contributed by atoms with E-state index < -0.39 is 56.1 Å². The highest BCUT2D eigenvalue weighted by atomic mass is 32.2. The summed E-state index contributed by atoms with van der Waals surface area (Å²) in [7, 11) is -6.53. The summed E-state index contributed by atoms with van der Waals surface area (Å²) in [5, 5.41) is -6.19. The van der Waals surface area contributed by atoms with E-state index in [1.807, 2.05) is 20.8 Å². The lowest BCUT2D eigenvalue weighted by atomic mass is 9.75. The molecule has 0 aliphatic rings. The van der Waals surface area contributed by atoms with Crippen LogP contribution < -0.4 is 4.18 Å². The summed E-state index contributed by atoms with van der Waals surface area (Å²) in [5.41, 5.74) is -1.09. The summed E-state index contributed by atoms with van der Waals surface area (Å²) in [6.45, 7) is 15.1. The molecule has 0 N–H and O–H groups in total. The third-order valence-corrected chi connectivity index (χ3v) is 6.27. The molecule has 0 aliphatic heterocycles. The Morgan fingerprint density at radius 2 is 1.00 bits per heavy atom. The topological polar surface area (TPSA) is 43.4 Å². The lowest BCUT2D eigenvalue weighted by Crippen LogP contribution is -2.57. The second kappa shape index (κ2) is 7.81. The molecule has 1 aromatic carbocycles. The van der Waals surface area contributed by atoms with Crippen LogP contribution in [0.5, 0.6) is 5.75 Å². The molecule has 0 aromatic heterocycles. The third kappa shape index (κ3) is 5.20. The van der Waals surface area contributed by atoms with E-state index in [1.54, 1.807) is 53.7 Å². The molecule has 0 atom stereocenters. The van der Waals surface area contributed by atoms with Crippen LogP contribution in [0.3, 0.4) is 0 Å². The van der Waals surface area contributed by atoms with Crippen LogP contribution in [0, 0.1) is 0 Å². The Balaban J connectivity index is 3.97. The number of hydrogen-bond donors (Lipinski definition) is 0. The zero-order valence-electron chi connectivity index (χ0n) is 20.1. The number of alkyl halides is 6. The maximum atomic E-state index is 14.3. The molecule has 32 heavy (non-hydrogen) atoms. The van der Waals surface area contributed by atoms with Crippen LogP contribution >= 0.6 is 0 Å². The van der Waals surface area contributed by atoms with Gasteiger partial charge < -0.3 is 4.18 Å². The monoisotopic (exact) mass is 490 g/mol. The van der Waals surface area contributed by atoms with Crippen LogP contribution in [0.15, 0.2) is 12.1 Å². The molecular formula is C22H32F6O3S. The highest BCUT2D eigenvalue weighted by molar-refractivity contribution is 7.88. The molecule has 0 spiro atoms. The van der Waals surface area contributed by atoms with Crippen LogP contribution in [0.4, 0.5) is 26.3 Å². The molecule has 1 aromatic rings. The van der Waals surface area contributed by atoms with Gasteiger partial charge in [-0.2, -0.15) is 34.8 Å². The minimum absolute atomic E-state index is 0.167. The van der Waals surface area contributed by atoms with E-state index in [0.717, 1.165) is 5.56 Å². The van der Waals surface area contributed by atoms with Crippen LogP contribution in [-0.4, -0.2) is 25.5 Å². The molecule has 0 bridgehead atoms. The predicted molar refractivity (Wildman–Crippen MR) is 113 cm³/mol. The molecular weight excluding hydrogens is 458 g/mol. The molecule has 10 heteroatoms. The van der Waals surface area contributed by atoms with E-state index in [1.165, 1.54) is 0 Å². The minimum Gasteiger partial charge on any atom is -0.377 e. The summed E-state index contributed by atoms with van der Waals surface area (Å²) in [6.07, 6.45) is 0. The van der Waals surface area contributed by atoms with Gasteiger partial charge in [-0.1, -0.05) is 74.4 Å². The second-order valence-corrected chi connectivity index (χ2v) is 12.8. The van der Waals surface area contributed by atoms with Crippen molar-refractivity contribution in [2.75, 3.05) is 0 Å². The Labute approximate surface area is 186 Å². The molecule has 0 heterocycles. The predicted octanol–water partition coefficient (Wildman–Crippen LogP) is 7.17. The standard InChI is InChI=1S/C22H32F6O3S/c1-17(2,3)13-11-14(18(4,5)6)16(15(12-13)19(7,8)9)31-32(29,30)22(27,28)21(25,26)20(10,23)24/h11-12H,1-10H3. The number of hydrogen-bond acceptors (Lipinski definition) is 3. The first-order valence-electron chi connectivity index (χ1n) is 9.95. The molecule has 0 radical (unpaired) electrons. The van der Waals surface area contributed by atoms with Crippen molar-refractivity contribution in [3.63, 3.8) is 0 Å². The molecule has 0 saturated carbocycles. The van der Waals surface area contributed by atoms with Gasteiger partial charge in [-0.3, -0.25) is 0 Å². The van der Waals surface area contributed by atoms with Crippen molar-refractivity contribution < 1.29 is 38.9 Å². The lowest BCUT2D eigenvalue weighted by Gasteiger charge is -2.34. The van der Waals surface area contributed by atoms with Gasteiger partial charge in [0.1, 0.15) is 5.75 Å². The Morgan fingerprint density at radius 1 is 0.656 bits per heavy atom. The van der Waals surface area contributed by atoms with Crippen molar-refractivity contribution in [3.8, 4) is 5.75 Å². The van der Waals surface area contributed by atoms with Gasteiger partial charge in [-0.15, -0.1) is 0 Å². The summed E-state index contributed by atoms with van der Waals surface area (Å²) >= 11 is 0. The summed E-state index contributed by atoms with van der Waals surface area (Å²) in [4.78, 5) is 0. The number of halogens is 6. The number of rotatable bonds is 5. The van der Waals surface area contributed by atoms with Crippen molar-refractivity contribution in [2.45, 2.75) is 103 Å². The Bertz CT molecular complexity index is 922. The maximum absolute atomic E-state index is 14.3. The van der Waals surface area contributed by atoms with Crippen molar-refractivity contribution in [1.29, 1.82) is 0 Å². The summed E-state index contributed by atoms with van der Waals surface area (Å²) in [5.74, 6) is -12.1. The first-order chi connectivity index (χ1) is 13.7. The van der Waals surface area contributed by atoms with E-state index in [2.05, 4.69) is 4.18 Å². The molecule has 0 fully saturated rings. The van der Waals surface area contributed by atoms with Crippen LogP contribution in [-0.2, 0) is 26.4 Å². The number of benzene rings is 1.